The minimum absolute atomic E-state index is 0.206. The lowest BCUT2D eigenvalue weighted by Crippen LogP contribution is -2.19. The number of aryl methyl sites for hydroxylation is 1. The normalized spacial score (nSPS) is 12.4. The van der Waals surface area contributed by atoms with Crippen LogP contribution in [0.25, 0.3) is 0 Å². The van der Waals surface area contributed by atoms with Crippen LogP contribution >= 0.6 is 0 Å². The number of aromatic nitrogens is 2. The monoisotopic (exact) mass is 288 g/mol. The van der Waals surface area contributed by atoms with Crippen molar-refractivity contribution in [2.45, 2.75) is 13.0 Å². The van der Waals surface area contributed by atoms with Crippen molar-refractivity contribution in [1.82, 2.24) is 14.7 Å². The Balaban J connectivity index is 1.89. The first-order valence-corrected chi connectivity index (χ1v) is 7.18. The Hall–Kier alpha value is -2.01. The maximum atomic E-state index is 5.68. The van der Waals surface area contributed by atoms with Crippen LogP contribution < -0.4 is 10.1 Å². The fourth-order valence-electron chi connectivity index (χ4n) is 2.13. The second-order valence-corrected chi connectivity index (χ2v) is 5.42. The maximum absolute atomic E-state index is 5.68. The first kappa shape index (κ1) is 15.4. The van der Waals surface area contributed by atoms with E-state index in [1.807, 2.05) is 62.4 Å². The highest BCUT2D eigenvalue weighted by Crippen LogP contribution is 2.21. The Morgan fingerprint density at radius 1 is 1.24 bits per heavy atom. The van der Waals surface area contributed by atoms with Crippen LogP contribution in [-0.2, 0) is 7.05 Å². The van der Waals surface area contributed by atoms with Crippen molar-refractivity contribution in [3.63, 3.8) is 0 Å². The molecule has 1 heterocycles. The Morgan fingerprint density at radius 3 is 2.52 bits per heavy atom. The predicted octanol–water partition coefficient (Wildman–Crippen LogP) is 2.53. The number of rotatable bonds is 7. The van der Waals surface area contributed by atoms with Crippen molar-refractivity contribution in [3.8, 4) is 5.75 Å². The lowest BCUT2D eigenvalue weighted by Gasteiger charge is -2.16. The van der Waals surface area contributed by atoms with Crippen molar-refractivity contribution >= 4 is 5.69 Å². The van der Waals surface area contributed by atoms with Gasteiger partial charge in [-0.05, 0) is 51.4 Å². The van der Waals surface area contributed by atoms with Gasteiger partial charge in [-0.15, -0.1) is 0 Å². The maximum Gasteiger partial charge on any atom is 0.119 e. The van der Waals surface area contributed by atoms with Crippen LogP contribution in [-0.4, -0.2) is 41.9 Å². The van der Waals surface area contributed by atoms with E-state index < -0.39 is 0 Å². The molecule has 0 saturated carbocycles. The average Bonchev–Trinajstić information content (AvgIpc) is 2.87. The fraction of sp³-hybridized carbons (Fsp3) is 0.438. The van der Waals surface area contributed by atoms with Crippen molar-refractivity contribution in [3.05, 3.63) is 42.2 Å². The molecule has 1 atom stereocenters. The number of hydrogen-bond acceptors (Lipinski definition) is 4. The topological polar surface area (TPSA) is 42.3 Å². The minimum atomic E-state index is 0.206. The molecule has 0 aliphatic carbocycles. The highest BCUT2D eigenvalue weighted by Gasteiger charge is 2.08. The quantitative estimate of drug-likeness (QED) is 0.850. The summed E-state index contributed by atoms with van der Waals surface area (Å²) in [5.74, 6) is 0.899. The summed E-state index contributed by atoms with van der Waals surface area (Å²) in [5, 5.41) is 7.66. The van der Waals surface area contributed by atoms with Crippen molar-refractivity contribution in [2.24, 2.45) is 7.05 Å². The van der Waals surface area contributed by atoms with E-state index in [1.165, 1.54) is 0 Å². The fourth-order valence-corrected chi connectivity index (χ4v) is 2.13. The van der Waals surface area contributed by atoms with Crippen molar-refractivity contribution in [1.29, 1.82) is 0 Å². The Bertz CT molecular complexity index is 548. The van der Waals surface area contributed by atoms with E-state index in [0.29, 0.717) is 6.61 Å². The Morgan fingerprint density at radius 2 is 1.95 bits per heavy atom. The van der Waals surface area contributed by atoms with E-state index >= 15 is 0 Å². The molecule has 1 N–H and O–H groups in total. The zero-order chi connectivity index (χ0) is 15.2. The van der Waals surface area contributed by atoms with Crippen LogP contribution in [0.15, 0.2) is 36.5 Å². The second-order valence-electron chi connectivity index (χ2n) is 5.42. The summed E-state index contributed by atoms with van der Waals surface area (Å²) < 4.78 is 7.57. The third-order valence-corrected chi connectivity index (χ3v) is 3.35. The third kappa shape index (κ3) is 4.49. The largest absolute Gasteiger partial charge is 0.492 e. The van der Waals surface area contributed by atoms with E-state index in [1.54, 1.807) is 0 Å². The molecule has 5 heteroatoms. The van der Waals surface area contributed by atoms with Gasteiger partial charge in [-0.1, -0.05) is 0 Å². The second kappa shape index (κ2) is 7.13. The first-order valence-electron chi connectivity index (χ1n) is 7.18. The van der Waals surface area contributed by atoms with Crippen molar-refractivity contribution < 1.29 is 4.74 Å². The molecule has 1 unspecified atom stereocenters. The van der Waals surface area contributed by atoms with Gasteiger partial charge in [0.2, 0.25) is 0 Å². The third-order valence-electron chi connectivity index (χ3n) is 3.35. The van der Waals surface area contributed by atoms with E-state index in [2.05, 4.69) is 22.2 Å². The van der Waals surface area contributed by atoms with Crippen molar-refractivity contribution in [2.75, 3.05) is 32.6 Å². The molecule has 5 nitrogen and oxygen atoms in total. The average molecular weight is 288 g/mol. The Kier molecular flexibility index (Phi) is 5.22. The number of benzene rings is 1. The number of nitrogens with zero attached hydrogens (tertiary/aromatic N) is 3. The summed E-state index contributed by atoms with van der Waals surface area (Å²) in [7, 11) is 6.03. The molecule has 0 spiro atoms. The molecule has 2 rings (SSSR count). The molecule has 0 bridgehead atoms. The zero-order valence-corrected chi connectivity index (χ0v) is 13.2. The predicted molar refractivity (Wildman–Crippen MR) is 85.7 cm³/mol. The van der Waals surface area contributed by atoms with Gasteiger partial charge < -0.3 is 15.0 Å². The first-order chi connectivity index (χ1) is 10.1. The van der Waals surface area contributed by atoms with Gasteiger partial charge >= 0.3 is 0 Å². The molecule has 0 amide bonds. The van der Waals surface area contributed by atoms with Crippen LogP contribution in [0, 0.1) is 0 Å². The van der Waals surface area contributed by atoms with E-state index in [4.69, 9.17) is 4.74 Å². The van der Waals surface area contributed by atoms with Crippen LogP contribution in [0.4, 0.5) is 5.69 Å². The lowest BCUT2D eigenvalue weighted by atomic mass is 10.2. The molecule has 0 aliphatic heterocycles. The summed E-state index contributed by atoms with van der Waals surface area (Å²) >= 11 is 0. The number of anilines is 1. The molecule has 0 radical (unpaired) electrons. The van der Waals surface area contributed by atoms with Crippen LogP contribution in [0.3, 0.4) is 0 Å². The summed E-state index contributed by atoms with van der Waals surface area (Å²) in [6.45, 7) is 3.74. The van der Waals surface area contributed by atoms with Gasteiger partial charge in [-0.25, -0.2) is 0 Å². The SMILES string of the molecule is CC(Nc1ccc(OCCN(C)C)cc1)c1ccnn1C. The molecule has 21 heavy (non-hydrogen) atoms. The summed E-state index contributed by atoms with van der Waals surface area (Å²) in [6, 6.07) is 10.3. The number of hydrogen-bond donors (Lipinski definition) is 1. The molecule has 114 valence electrons. The number of ether oxygens (including phenoxy) is 1. The molecule has 0 aliphatic rings. The van der Waals surface area contributed by atoms with Gasteiger partial charge in [0.1, 0.15) is 12.4 Å². The molecule has 1 aromatic heterocycles. The van der Waals surface area contributed by atoms with E-state index in [-0.39, 0.29) is 6.04 Å². The van der Waals surface area contributed by atoms with Gasteiger partial charge in [-0.2, -0.15) is 5.10 Å². The number of nitrogens with one attached hydrogen (secondary N) is 1. The lowest BCUT2D eigenvalue weighted by molar-refractivity contribution is 0.261. The van der Waals surface area contributed by atoms with Crippen LogP contribution in [0.2, 0.25) is 0 Å². The van der Waals surface area contributed by atoms with Gasteiger partial charge in [0.25, 0.3) is 0 Å². The standard InChI is InChI=1S/C16H24N4O/c1-13(16-9-10-17-20(16)4)18-14-5-7-15(8-6-14)21-12-11-19(2)3/h5-10,13,18H,11-12H2,1-4H3. The molecular weight excluding hydrogens is 264 g/mol. The molecule has 2 aromatic rings. The highest BCUT2D eigenvalue weighted by atomic mass is 16.5. The zero-order valence-electron chi connectivity index (χ0n) is 13.2. The molecule has 0 saturated heterocycles. The van der Waals surface area contributed by atoms with E-state index in [0.717, 1.165) is 23.7 Å². The van der Waals surface area contributed by atoms with Gasteiger partial charge in [0, 0.05) is 25.5 Å². The molecular formula is C16H24N4O. The summed E-state index contributed by atoms with van der Waals surface area (Å²) in [5.41, 5.74) is 2.23. The Labute approximate surface area is 126 Å². The van der Waals surface area contributed by atoms with Gasteiger partial charge in [-0.3, -0.25) is 4.68 Å². The molecule has 0 fully saturated rings. The molecule has 1 aromatic carbocycles. The smallest absolute Gasteiger partial charge is 0.119 e. The van der Waals surface area contributed by atoms with Gasteiger partial charge in [0.05, 0.1) is 11.7 Å². The summed E-state index contributed by atoms with van der Waals surface area (Å²) in [4.78, 5) is 2.10. The van der Waals surface area contributed by atoms with Crippen LogP contribution in [0.5, 0.6) is 5.75 Å². The number of likely N-dealkylation sites (N-methyl/N-ethyl adjacent to an activating group) is 1. The minimum Gasteiger partial charge on any atom is -0.492 e. The summed E-state index contributed by atoms with van der Waals surface area (Å²) in [6.07, 6.45) is 1.81. The van der Waals surface area contributed by atoms with Crippen LogP contribution in [0.1, 0.15) is 18.7 Å². The van der Waals surface area contributed by atoms with Gasteiger partial charge in [0.15, 0.2) is 0 Å². The highest BCUT2D eigenvalue weighted by molar-refractivity contribution is 5.47. The van der Waals surface area contributed by atoms with E-state index in [9.17, 15) is 0 Å².